The molecule has 6 heteroatoms. The van der Waals surface area contributed by atoms with E-state index in [1.165, 1.54) is 14.2 Å². The minimum absolute atomic E-state index is 0.377. The van der Waals surface area contributed by atoms with Crippen LogP contribution in [0.1, 0.15) is 25.0 Å². The average Bonchev–Trinajstić information content (AvgIpc) is 2.67. The van der Waals surface area contributed by atoms with Gasteiger partial charge < -0.3 is 9.47 Å². The lowest BCUT2D eigenvalue weighted by Crippen LogP contribution is -2.32. The molecular weight excluding hydrogens is 399 g/mol. The molecule has 0 unspecified atom stereocenters. The van der Waals surface area contributed by atoms with E-state index in [9.17, 15) is 9.59 Å². The first-order valence-electron chi connectivity index (χ1n) is 8.82. The van der Waals surface area contributed by atoms with Crippen molar-refractivity contribution in [3.8, 4) is 11.1 Å². The van der Waals surface area contributed by atoms with Crippen LogP contribution in [0.2, 0.25) is 0 Å². The van der Waals surface area contributed by atoms with Gasteiger partial charge in [0.25, 0.3) is 0 Å². The summed E-state index contributed by atoms with van der Waals surface area (Å²) >= 11 is 12.5. The molecule has 0 radical (unpaired) electrons. The van der Waals surface area contributed by atoms with E-state index in [4.69, 9.17) is 32.7 Å². The molecule has 2 aromatic carbocycles. The maximum Gasteiger partial charge on any atom is 0.326 e. The third-order valence-electron chi connectivity index (χ3n) is 4.54. The molecule has 150 valence electrons. The summed E-state index contributed by atoms with van der Waals surface area (Å²) in [4.78, 5) is 21.3. The van der Waals surface area contributed by atoms with Gasteiger partial charge in [0.15, 0.2) is 0 Å². The molecule has 0 aliphatic carbocycles. The van der Waals surface area contributed by atoms with E-state index >= 15 is 0 Å². The molecule has 0 aromatic heterocycles. The predicted molar refractivity (Wildman–Crippen MR) is 112 cm³/mol. The van der Waals surface area contributed by atoms with Crippen molar-refractivity contribution in [3.63, 3.8) is 0 Å². The van der Waals surface area contributed by atoms with Crippen molar-refractivity contribution in [2.24, 2.45) is 0 Å². The molecule has 0 spiro atoms. The Bertz CT molecular complexity index is 753. The molecule has 0 fully saturated rings. The molecule has 0 aliphatic rings. The van der Waals surface area contributed by atoms with Crippen molar-refractivity contribution < 1.29 is 19.1 Å². The molecule has 0 amide bonds. The van der Waals surface area contributed by atoms with Gasteiger partial charge in [0.1, 0.15) is 9.75 Å². The van der Waals surface area contributed by atoms with Crippen LogP contribution in [0.25, 0.3) is 11.1 Å². The van der Waals surface area contributed by atoms with Gasteiger partial charge in [0.05, 0.1) is 14.2 Å². The summed E-state index contributed by atoms with van der Waals surface area (Å²) in [5.74, 6) is -0.904. The van der Waals surface area contributed by atoms with Gasteiger partial charge in [-0.2, -0.15) is 0 Å². The lowest BCUT2D eigenvalue weighted by atomic mass is 9.95. The Morgan fingerprint density at radius 2 is 1.00 bits per heavy atom. The number of halogens is 2. The number of hydrogen-bond acceptors (Lipinski definition) is 4. The molecule has 2 aromatic rings. The fourth-order valence-electron chi connectivity index (χ4n) is 2.97. The van der Waals surface area contributed by atoms with Crippen LogP contribution in [0.15, 0.2) is 48.5 Å². The van der Waals surface area contributed by atoms with E-state index in [0.717, 1.165) is 22.3 Å². The molecule has 0 bridgehead atoms. The fraction of sp³-hybridized carbons (Fsp3) is 0.364. The largest absolute Gasteiger partial charge is 0.468 e. The van der Waals surface area contributed by atoms with E-state index in [-0.39, 0.29) is 0 Å². The predicted octanol–water partition coefficient (Wildman–Crippen LogP) is 4.78. The fourth-order valence-corrected chi connectivity index (χ4v) is 3.43. The highest BCUT2D eigenvalue weighted by Crippen LogP contribution is 2.27. The van der Waals surface area contributed by atoms with Crippen molar-refractivity contribution >= 4 is 35.1 Å². The van der Waals surface area contributed by atoms with E-state index in [2.05, 4.69) is 0 Å². The lowest BCUT2D eigenvalue weighted by molar-refractivity contribution is -0.144. The molecule has 0 heterocycles. The first-order valence-corrected chi connectivity index (χ1v) is 9.57. The Morgan fingerprint density at radius 3 is 1.25 bits per heavy atom. The Hall–Kier alpha value is -2.04. The number of hydrogen-bond donors (Lipinski definition) is 0. The number of benzene rings is 2. The van der Waals surface area contributed by atoms with E-state index in [1.54, 1.807) is 13.8 Å². The van der Waals surface area contributed by atoms with Gasteiger partial charge in [-0.25, -0.2) is 0 Å². The van der Waals surface area contributed by atoms with Crippen molar-refractivity contribution in [1.82, 2.24) is 0 Å². The number of carbonyl (C=O) groups is 2. The molecule has 0 saturated carbocycles. The molecule has 0 saturated heterocycles. The van der Waals surface area contributed by atoms with E-state index in [0.29, 0.717) is 12.8 Å². The monoisotopic (exact) mass is 422 g/mol. The number of ether oxygens (including phenoxy) is 2. The van der Waals surface area contributed by atoms with E-state index < -0.39 is 21.7 Å². The van der Waals surface area contributed by atoms with Crippen LogP contribution >= 0.6 is 23.2 Å². The van der Waals surface area contributed by atoms with Crippen LogP contribution < -0.4 is 0 Å². The van der Waals surface area contributed by atoms with Crippen molar-refractivity contribution in [2.45, 2.75) is 36.4 Å². The highest BCUT2D eigenvalue weighted by molar-refractivity contribution is 6.34. The van der Waals surface area contributed by atoms with Gasteiger partial charge in [-0.1, -0.05) is 48.5 Å². The summed E-state index contributed by atoms with van der Waals surface area (Å²) < 4.78 is 9.48. The number of esters is 2. The van der Waals surface area contributed by atoms with Crippen LogP contribution in [0.3, 0.4) is 0 Å². The van der Waals surface area contributed by atoms with Crippen LogP contribution in [0, 0.1) is 0 Å². The Morgan fingerprint density at radius 1 is 0.714 bits per heavy atom. The zero-order chi connectivity index (χ0) is 20.9. The molecule has 28 heavy (non-hydrogen) atoms. The minimum Gasteiger partial charge on any atom is -0.468 e. The number of alkyl halides is 2. The van der Waals surface area contributed by atoms with E-state index in [1.807, 2.05) is 48.5 Å². The minimum atomic E-state index is -1.09. The number of carbonyl (C=O) groups excluding carboxylic acids is 2. The zero-order valence-electron chi connectivity index (χ0n) is 16.4. The van der Waals surface area contributed by atoms with Crippen LogP contribution in [0.4, 0.5) is 0 Å². The van der Waals surface area contributed by atoms with Gasteiger partial charge in [-0.15, -0.1) is 23.2 Å². The smallest absolute Gasteiger partial charge is 0.326 e. The van der Waals surface area contributed by atoms with Crippen LogP contribution in [-0.4, -0.2) is 35.9 Å². The van der Waals surface area contributed by atoms with Gasteiger partial charge in [-0.3, -0.25) is 9.59 Å². The second-order valence-electron chi connectivity index (χ2n) is 7.13. The topological polar surface area (TPSA) is 52.6 Å². The summed E-state index contributed by atoms with van der Waals surface area (Å²) in [6.45, 7) is 3.29. The summed E-state index contributed by atoms with van der Waals surface area (Å²) in [5.41, 5.74) is 3.95. The molecule has 4 nitrogen and oxygen atoms in total. The van der Waals surface area contributed by atoms with Crippen molar-refractivity contribution in [1.29, 1.82) is 0 Å². The summed E-state index contributed by atoms with van der Waals surface area (Å²) in [6, 6.07) is 15.7. The van der Waals surface area contributed by atoms with Gasteiger partial charge >= 0.3 is 11.9 Å². The maximum absolute atomic E-state index is 11.7. The lowest BCUT2D eigenvalue weighted by Gasteiger charge is -2.19. The summed E-state index contributed by atoms with van der Waals surface area (Å²) in [6.07, 6.45) is 0.755. The van der Waals surface area contributed by atoms with Crippen molar-refractivity contribution in [3.05, 3.63) is 59.7 Å². The second-order valence-corrected chi connectivity index (χ2v) is 8.79. The molecule has 0 N–H and O–H groups in total. The van der Waals surface area contributed by atoms with Crippen LogP contribution in [0.5, 0.6) is 0 Å². The quantitative estimate of drug-likeness (QED) is 0.475. The van der Waals surface area contributed by atoms with Gasteiger partial charge in [0, 0.05) is 12.8 Å². The second kappa shape index (κ2) is 8.97. The summed E-state index contributed by atoms with van der Waals surface area (Å²) in [5, 5.41) is 0. The molecular formula is C22H24Cl2O4. The third-order valence-corrected chi connectivity index (χ3v) is 5.11. The molecule has 2 rings (SSSR count). The SMILES string of the molecule is COC(=O)[C@](C)(Cl)Cc1ccc(-c2ccc(C[C@@](C)(Cl)C(=O)OC)cc2)cc1. The average molecular weight is 423 g/mol. The van der Waals surface area contributed by atoms with Crippen molar-refractivity contribution in [2.75, 3.05) is 14.2 Å². The third kappa shape index (κ3) is 5.49. The number of methoxy groups -OCH3 is 2. The highest BCUT2D eigenvalue weighted by Gasteiger charge is 2.32. The Kier molecular flexibility index (Phi) is 7.13. The Labute approximate surface area is 175 Å². The molecule has 2 atom stereocenters. The zero-order valence-corrected chi connectivity index (χ0v) is 17.9. The Balaban J connectivity index is 2.10. The molecule has 0 aliphatic heterocycles. The highest BCUT2D eigenvalue weighted by atomic mass is 35.5. The van der Waals surface area contributed by atoms with Crippen LogP contribution in [-0.2, 0) is 31.9 Å². The first-order chi connectivity index (χ1) is 13.1. The van der Waals surface area contributed by atoms with Gasteiger partial charge in [0.2, 0.25) is 0 Å². The first kappa shape index (κ1) is 22.3. The van der Waals surface area contributed by atoms with Gasteiger partial charge in [-0.05, 0) is 36.1 Å². The normalized spacial score (nSPS) is 15.2. The summed E-state index contributed by atoms with van der Waals surface area (Å²) in [7, 11) is 2.65. The number of rotatable bonds is 7. The standard InChI is InChI=1S/C22H24Cl2O4/c1-21(23,19(25)27-3)13-15-5-9-17(10-6-15)18-11-7-16(8-12-18)14-22(2,24)20(26)28-4/h5-12H,13-14H2,1-4H3/t21-,22-/m1/s1. The maximum atomic E-state index is 11.7.